The zero-order valence-electron chi connectivity index (χ0n) is 9.70. The summed E-state index contributed by atoms with van der Waals surface area (Å²) >= 11 is 0. The van der Waals surface area contributed by atoms with Crippen molar-refractivity contribution >= 4 is 0 Å². The second-order valence-corrected chi connectivity index (χ2v) is 4.71. The molecule has 14 heavy (non-hydrogen) atoms. The first-order chi connectivity index (χ1) is 6.63. The normalized spacial score (nSPS) is 27.9. The van der Waals surface area contributed by atoms with Crippen molar-refractivity contribution in [1.82, 2.24) is 4.90 Å². The molecule has 84 valence electrons. The third kappa shape index (κ3) is 3.56. The number of rotatable bonds is 5. The molecule has 3 atom stereocenters. The van der Waals surface area contributed by atoms with E-state index in [1.807, 2.05) is 0 Å². The van der Waals surface area contributed by atoms with Gasteiger partial charge < -0.3 is 15.4 Å². The van der Waals surface area contributed by atoms with Gasteiger partial charge >= 0.3 is 0 Å². The summed E-state index contributed by atoms with van der Waals surface area (Å²) in [5.74, 6) is 1.33. The lowest BCUT2D eigenvalue weighted by Crippen LogP contribution is -2.35. The van der Waals surface area contributed by atoms with Crippen LogP contribution in [0.5, 0.6) is 0 Å². The maximum atomic E-state index is 5.86. The Bertz CT molecular complexity index is 161. The van der Waals surface area contributed by atoms with Gasteiger partial charge in [0.15, 0.2) is 0 Å². The molecule has 1 heterocycles. The second kappa shape index (κ2) is 5.69. The number of methoxy groups -OCH3 is 1. The molecule has 0 saturated carbocycles. The van der Waals surface area contributed by atoms with Crippen LogP contribution in [0.25, 0.3) is 0 Å². The molecule has 0 aromatic heterocycles. The highest BCUT2D eigenvalue weighted by Crippen LogP contribution is 2.18. The molecule has 0 spiro atoms. The molecule has 1 fully saturated rings. The molecule has 0 aromatic carbocycles. The zero-order valence-corrected chi connectivity index (χ0v) is 9.70. The lowest BCUT2D eigenvalue weighted by Gasteiger charge is -2.23. The number of likely N-dealkylation sites (tertiary alicyclic amines) is 1. The average Bonchev–Trinajstić information content (AvgIpc) is 2.53. The van der Waals surface area contributed by atoms with Gasteiger partial charge in [0.2, 0.25) is 0 Å². The molecular weight excluding hydrogens is 176 g/mol. The minimum Gasteiger partial charge on any atom is -0.384 e. The van der Waals surface area contributed by atoms with Gasteiger partial charge in [0, 0.05) is 26.2 Å². The quantitative estimate of drug-likeness (QED) is 0.718. The molecule has 0 aliphatic carbocycles. The Morgan fingerprint density at radius 1 is 1.50 bits per heavy atom. The lowest BCUT2D eigenvalue weighted by molar-refractivity contribution is 0.151. The highest BCUT2D eigenvalue weighted by Gasteiger charge is 2.23. The van der Waals surface area contributed by atoms with Gasteiger partial charge in [-0.2, -0.15) is 0 Å². The van der Waals surface area contributed by atoms with Gasteiger partial charge in [0.25, 0.3) is 0 Å². The number of ether oxygens (including phenoxy) is 1. The molecule has 2 N–H and O–H groups in total. The van der Waals surface area contributed by atoms with Crippen molar-refractivity contribution in [3.05, 3.63) is 0 Å². The molecule has 0 aromatic rings. The molecule has 0 bridgehead atoms. The third-order valence-electron chi connectivity index (χ3n) is 3.22. The summed E-state index contributed by atoms with van der Waals surface area (Å²) in [6.45, 7) is 8.76. The summed E-state index contributed by atoms with van der Waals surface area (Å²) in [7, 11) is 1.78. The van der Waals surface area contributed by atoms with Crippen LogP contribution in [0.15, 0.2) is 0 Å². The van der Waals surface area contributed by atoms with Crippen molar-refractivity contribution in [2.24, 2.45) is 17.6 Å². The van der Waals surface area contributed by atoms with E-state index in [2.05, 4.69) is 18.7 Å². The van der Waals surface area contributed by atoms with Crippen molar-refractivity contribution in [3.63, 3.8) is 0 Å². The van der Waals surface area contributed by atoms with E-state index in [0.29, 0.717) is 12.0 Å². The van der Waals surface area contributed by atoms with Gasteiger partial charge in [0.05, 0.1) is 6.61 Å². The van der Waals surface area contributed by atoms with Gasteiger partial charge in [-0.05, 0) is 31.7 Å². The standard InChI is InChI=1S/C11H24N2O/c1-9(10(2)12)6-13-5-4-11(7-13)8-14-3/h9-11H,4-8,12H2,1-3H3. The molecular formula is C11H24N2O. The summed E-state index contributed by atoms with van der Waals surface area (Å²) in [6.07, 6.45) is 1.28. The van der Waals surface area contributed by atoms with E-state index in [1.165, 1.54) is 19.5 Å². The van der Waals surface area contributed by atoms with Gasteiger partial charge in [0.1, 0.15) is 0 Å². The highest BCUT2D eigenvalue weighted by atomic mass is 16.5. The third-order valence-corrected chi connectivity index (χ3v) is 3.22. The van der Waals surface area contributed by atoms with Crippen LogP contribution in [-0.4, -0.2) is 44.3 Å². The maximum absolute atomic E-state index is 5.86. The summed E-state index contributed by atoms with van der Waals surface area (Å²) in [5.41, 5.74) is 5.86. The van der Waals surface area contributed by atoms with Crippen LogP contribution >= 0.6 is 0 Å². The summed E-state index contributed by atoms with van der Waals surface area (Å²) < 4.78 is 5.18. The van der Waals surface area contributed by atoms with Gasteiger partial charge in [-0.15, -0.1) is 0 Å². The van der Waals surface area contributed by atoms with Crippen molar-refractivity contribution in [2.45, 2.75) is 26.3 Å². The molecule has 3 heteroatoms. The Morgan fingerprint density at radius 2 is 2.21 bits per heavy atom. The van der Waals surface area contributed by atoms with E-state index < -0.39 is 0 Å². The summed E-state index contributed by atoms with van der Waals surface area (Å²) in [5, 5.41) is 0. The Hall–Kier alpha value is -0.120. The number of nitrogens with zero attached hydrogens (tertiary/aromatic N) is 1. The van der Waals surface area contributed by atoms with Crippen LogP contribution in [0.3, 0.4) is 0 Å². The van der Waals surface area contributed by atoms with Crippen LogP contribution in [0.4, 0.5) is 0 Å². The minimum absolute atomic E-state index is 0.302. The predicted octanol–water partition coefficient (Wildman–Crippen LogP) is 0.938. The van der Waals surface area contributed by atoms with Crippen molar-refractivity contribution < 1.29 is 4.74 Å². The Morgan fingerprint density at radius 3 is 2.79 bits per heavy atom. The second-order valence-electron chi connectivity index (χ2n) is 4.71. The van der Waals surface area contributed by atoms with Crippen LogP contribution < -0.4 is 5.73 Å². The van der Waals surface area contributed by atoms with Crippen molar-refractivity contribution in [2.75, 3.05) is 33.4 Å². The van der Waals surface area contributed by atoms with Crippen LogP contribution in [0.1, 0.15) is 20.3 Å². The lowest BCUT2D eigenvalue weighted by atomic mass is 10.0. The molecule has 1 saturated heterocycles. The van der Waals surface area contributed by atoms with E-state index in [1.54, 1.807) is 7.11 Å². The number of nitrogens with two attached hydrogens (primary N) is 1. The van der Waals surface area contributed by atoms with Gasteiger partial charge in [-0.3, -0.25) is 0 Å². The zero-order chi connectivity index (χ0) is 10.6. The topological polar surface area (TPSA) is 38.5 Å². The molecule has 1 aliphatic rings. The number of hydrogen-bond acceptors (Lipinski definition) is 3. The van der Waals surface area contributed by atoms with Crippen LogP contribution in [0.2, 0.25) is 0 Å². The Labute approximate surface area is 87.6 Å². The molecule has 1 aliphatic heterocycles. The summed E-state index contributed by atoms with van der Waals surface area (Å²) in [6, 6.07) is 0.302. The predicted molar refractivity (Wildman–Crippen MR) is 59.2 cm³/mol. The summed E-state index contributed by atoms with van der Waals surface area (Å²) in [4.78, 5) is 2.51. The smallest absolute Gasteiger partial charge is 0.0503 e. The highest BCUT2D eigenvalue weighted by molar-refractivity contribution is 4.78. The van der Waals surface area contributed by atoms with Gasteiger partial charge in [-0.25, -0.2) is 0 Å². The molecule has 0 amide bonds. The largest absolute Gasteiger partial charge is 0.384 e. The number of hydrogen-bond donors (Lipinski definition) is 1. The molecule has 3 nitrogen and oxygen atoms in total. The Kier molecular flexibility index (Phi) is 4.85. The fourth-order valence-corrected chi connectivity index (χ4v) is 2.02. The maximum Gasteiger partial charge on any atom is 0.0503 e. The van der Waals surface area contributed by atoms with E-state index in [-0.39, 0.29) is 0 Å². The molecule has 3 unspecified atom stereocenters. The SMILES string of the molecule is COCC1CCN(CC(C)C(C)N)C1. The van der Waals surface area contributed by atoms with E-state index in [4.69, 9.17) is 10.5 Å². The monoisotopic (exact) mass is 200 g/mol. The first-order valence-corrected chi connectivity index (χ1v) is 5.60. The van der Waals surface area contributed by atoms with Gasteiger partial charge in [-0.1, -0.05) is 6.92 Å². The van der Waals surface area contributed by atoms with Crippen LogP contribution in [-0.2, 0) is 4.74 Å². The minimum atomic E-state index is 0.302. The average molecular weight is 200 g/mol. The fraction of sp³-hybridized carbons (Fsp3) is 1.00. The van der Waals surface area contributed by atoms with E-state index in [9.17, 15) is 0 Å². The molecule has 1 rings (SSSR count). The van der Waals surface area contributed by atoms with E-state index in [0.717, 1.165) is 19.1 Å². The fourth-order valence-electron chi connectivity index (χ4n) is 2.02. The Balaban J connectivity index is 2.21. The first kappa shape index (κ1) is 12.0. The van der Waals surface area contributed by atoms with Crippen molar-refractivity contribution in [1.29, 1.82) is 0 Å². The first-order valence-electron chi connectivity index (χ1n) is 5.60. The molecule has 0 radical (unpaired) electrons. The van der Waals surface area contributed by atoms with Crippen molar-refractivity contribution in [3.8, 4) is 0 Å². The van der Waals surface area contributed by atoms with Crippen LogP contribution in [0, 0.1) is 11.8 Å². The van der Waals surface area contributed by atoms with E-state index >= 15 is 0 Å².